The van der Waals surface area contributed by atoms with Crippen LogP contribution in [0.1, 0.15) is 53.2 Å². The Kier molecular flexibility index (Phi) is 12.8. The summed E-state index contributed by atoms with van der Waals surface area (Å²) >= 11 is 0. The quantitative estimate of drug-likeness (QED) is 0.204. The minimum absolute atomic E-state index is 0.0905. The number of carbonyl (C=O) groups excluding carboxylic acids is 2. The Hall–Kier alpha value is -2.74. The molecular weight excluding hydrogens is 420 g/mol. The van der Waals surface area contributed by atoms with Crippen LogP contribution in [0, 0.1) is 0 Å². The number of hydrogen-bond acceptors (Lipinski definition) is 5. The molecule has 0 atom stereocenters. The zero-order chi connectivity index (χ0) is 23.7. The summed E-state index contributed by atoms with van der Waals surface area (Å²) in [7, 11) is 0. The number of nitrogens with one attached hydrogen (secondary N) is 2. The topological polar surface area (TPSA) is 96.9 Å². The molecule has 0 radical (unpaired) electrons. The molecule has 0 saturated heterocycles. The van der Waals surface area contributed by atoms with Gasteiger partial charge in [-0.15, -0.1) is 0 Å². The van der Waals surface area contributed by atoms with Gasteiger partial charge < -0.3 is 14.8 Å². The molecule has 2 amide bonds. The SMILES string of the molecule is CCCOCCOCCNC(=O)c1ccc(CCCCc2ccc(CC(=O)NO)cc2)cc1. The van der Waals surface area contributed by atoms with Crippen molar-refractivity contribution >= 4 is 11.8 Å². The number of hydrogen-bond donors (Lipinski definition) is 3. The normalized spacial score (nSPS) is 10.7. The zero-order valence-electron chi connectivity index (χ0n) is 19.5. The van der Waals surface area contributed by atoms with E-state index in [0.29, 0.717) is 31.9 Å². The second kappa shape index (κ2) is 16.0. The number of unbranched alkanes of at least 4 members (excludes halogenated alkanes) is 1. The van der Waals surface area contributed by atoms with Crippen LogP contribution in [0.2, 0.25) is 0 Å². The summed E-state index contributed by atoms with van der Waals surface area (Å²) in [6, 6.07) is 15.6. The Morgan fingerprint density at radius 1 is 0.788 bits per heavy atom. The predicted molar refractivity (Wildman–Crippen MR) is 127 cm³/mol. The molecule has 0 aliphatic heterocycles. The lowest BCUT2D eigenvalue weighted by Gasteiger charge is -2.08. The Morgan fingerprint density at radius 2 is 1.33 bits per heavy atom. The molecule has 3 N–H and O–H groups in total. The highest BCUT2D eigenvalue weighted by Gasteiger charge is 2.05. The highest BCUT2D eigenvalue weighted by Crippen LogP contribution is 2.12. The van der Waals surface area contributed by atoms with Gasteiger partial charge in [-0.25, -0.2) is 5.48 Å². The van der Waals surface area contributed by atoms with Crippen molar-refractivity contribution in [2.75, 3.05) is 33.0 Å². The molecule has 0 aromatic heterocycles. The predicted octanol–water partition coefficient (Wildman–Crippen LogP) is 3.47. The summed E-state index contributed by atoms with van der Waals surface area (Å²) in [5.41, 5.74) is 5.62. The Balaban J connectivity index is 1.60. The molecule has 180 valence electrons. The molecule has 0 fully saturated rings. The minimum Gasteiger partial charge on any atom is -0.379 e. The van der Waals surface area contributed by atoms with Crippen LogP contribution in [-0.4, -0.2) is 50.0 Å². The van der Waals surface area contributed by atoms with Crippen LogP contribution in [0.4, 0.5) is 0 Å². The van der Waals surface area contributed by atoms with Crippen molar-refractivity contribution in [1.82, 2.24) is 10.8 Å². The number of hydroxylamine groups is 1. The van der Waals surface area contributed by atoms with Crippen LogP contribution in [-0.2, 0) is 33.5 Å². The molecule has 0 unspecified atom stereocenters. The average Bonchev–Trinajstić information content (AvgIpc) is 2.84. The molecule has 0 aliphatic carbocycles. The first-order valence-corrected chi connectivity index (χ1v) is 11.7. The molecule has 2 aromatic rings. The summed E-state index contributed by atoms with van der Waals surface area (Å²) in [6.07, 6.45) is 5.22. The fourth-order valence-electron chi connectivity index (χ4n) is 3.33. The number of ether oxygens (including phenoxy) is 2. The summed E-state index contributed by atoms with van der Waals surface area (Å²) in [5, 5.41) is 11.5. The Morgan fingerprint density at radius 3 is 1.91 bits per heavy atom. The van der Waals surface area contributed by atoms with Crippen LogP contribution in [0.3, 0.4) is 0 Å². The lowest BCUT2D eigenvalue weighted by atomic mass is 10.0. The van der Waals surface area contributed by atoms with E-state index >= 15 is 0 Å². The van der Waals surface area contributed by atoms with Gasteiger partial charge in [0.25, 0.3) is 5.91 Å². The van der Waals surface area contributed by atoms with Crippen molar-refractivity contribution < 1.29 is 24.3 Å². The van der Waals surface area contributed by atoms with E-state index in [2.05, 4.69) is 12.2 Å². The largest absolute Gasteiger partial charge is 0.379 e. The number of benzene rings is 2. The van der Waals surface area contributed by atoms with Crippen LogP contribution in [0.25, 0.3) is 0 Å². The van der Waals surface area contributed by atoms with Crippen molar-refractivity contribution in [1.29, 1.82) is 0 Å². The van der Waals surface area contributed by atoms with Crippen molar-refractivity contribution in [3.63, 3.8) is 0 Å². The van der Waals surface area contributed by atoms with Crippen LogP contribution < -0.4 is 10.8 Å². The van der Waals surface area contributed by atoms with Gasteiger partial charge in [0.2, 0.25) is 5.91 Å². The fraction of sp³-hybridized carbons (Fsp3) is 0.462. The lowest BCUT2D eigenvalue weighted by molar-refractivity contribution is -0.128. The number of carbonyl (C=O) groups is 2. The number of rotatable bonds is 16. The lowest BCUT2D eigenvalue weighted by Crippen LogP contribution is -2.27. The first-order valence-electron chi connectivity index (χ1n) is 11.7. The van der Waals surface area contributed by atoms with E-state index < -0.39 is 5.91 Å². The third kappa shape index (κ3) is 11.1. The highest BCUT2D eigenvalue weighted by atomic mass is 16.5. The van der Waals surface area contributed by atoms with Crippen molar-refractivity contribution in [3.05, 3.63) is 70.8 Å². The van der Waals surface area contributed by atoms with E-state index in [-0.39, 0.29) is 12.3 Å². The van der Waals surface area contributed by atoms with Gasteiger partial charge in [0.15, 0.2) is 0 Å². The molecule has 0 bridgehead atoms. The maximum Gasteiger partial charge on any atom is 0.251 e. The smallest absolute Gasteiger partial charge is 0.251 e. The molecule has 7 heteroatoms. The molecule has 7 nitrogen and oxygen atoms in total. The van der Waals surface area contributed by atoms with Gasteiger partial charge in [0.1, 0.15) is 0 Å². The van der Waals surface area contributed by atoms with E-state index in [1.54, 1.807) is 5.48 Å². The van der Waals surface area contributed by atoms with Crippen LogP contribution in [0.15, 0.2) is 48.5 Å². The minimum atomic E-state index is -0.413. The van der Waals surface area contributed by atoms with Crippen molar-refractivity contribution in [2.24, 2.45) is 0 Å². The van der Waals surface area contributed by atoms with Crippen molar-refractivity contribution in [3.8, 4) is 0 Å². The summed E-state index contributed by atoms with van der Waals surface area (Å²) < 4.78 is 10.8. The third-order valence-corrected chi connectivity index (χ3v) is 5.16. The first kappa shape index (κ1) is 26.5. The molecule has 0 aliphatic rings. The fourth-order valence-corrected chi connectivity index (χ4v) is 3.33. The zero-order valence-corrected chi connectivity index (χ0v) is 19.5. The summed E-state index contributed by atoms with van der Waals surface area (Å²) in [4.78, 5) is 23.4. The molecule has 2 rings (SSSR count). The molecule has 0 spiro atoms. The van der Waals surface area contributed by atoms with Crippen LogP contribution >= 0.6 is 0 Å². The van der Waals surface area contributed by atoms with E-state index in [0.717, 1.165) is 44.3 Å². The van der Waals surface area contributed by atoms with E-state index in [9.17, 15) is 9.59 Å². The van der Waals surface area contributed by atoms with Gasteiger partial charge >= 0.3 is 0 Å². The Labute approximate surface area is 196 Å². The van der Waals surface area contributed by atoms with Gasteiger partial charge in [0.05, 0.1) is 26.2 Å². The monoisotopic (exact) mass is 456 g/mol. The van der Waals surface area contributed by atoms with Gasteiger partial charge in [-0.05, 0) is 60.9 Å². The molecule has 0 saturated carbocycles. The maximum absolute atomic E-state index is 12.2. The number of amides is 2. The Bertz CT molecular complexity index is 822. The maximum atomic E-state index is 12.2. The number of aryl methyl sites for hydroxylation is 2. The van der Waals surface area contributed by atoms with Crippen molar-refractivity contribution in [2.45, 2.75) is 45.4 Å². The van der Waals surface area contributed by atoms with E-state index in [1.807, 2.05) is 48.5 Å². The van der Waals surface area contributed by atoms with Gasteiger partial charge in [-0.2, -0.15) is 0 Å². The highest BCUT2D eigenvalue weighted by molar-refractivity contribution is 5.94. The van der Waals surface area contributed by atoms with Crippen LogP contribution in [0.5, 0.6) is 0 Å². The van der Waals surface area contributed by atoms with Gasteiger partial charge in [-0.3, -0.25) is 14.8 Å². The second-order valence-electron chi connectivity index (χ2n) is 7.91. The first-order chi connectivity index (χ1) is 16.1. The second-order valence-corrected chi connectivity index (χ2v) is 7.91. The summed E-state index contributed by atoms with van der Waals surface area (Å²) in [6.45, 7) is 4.89. The van der Waals surface area contributed by atoms with E-state index in [1.165, 1.54) is 11.1 Å². The molecule has 2 aromatic carbocycles. The third-order valence-electron chi connectivity index (χ3n) is 5.16. The summed E-state index contributed by atoms with van der Waals surface area (Å²) in [5.74, 6) is -0.503. The molecule has 33 heavy (non-hydrogen) atoms. The van der Waals surface area contributed by atoms with Gasteiger partial charge in [-0.1, -0.05) is 43.3 Å². The average molecular weight is 457 g/mol. The molecular formula is C26H36N2O5. The standard InChI is InChI=1S/C26H36N2O5/c1-2-16-32-18-19-33-17-15-27-26(30)24-13-11-22(12-14-24)6-4-3-5-21-7-9-23(10-8-21)20-25(29)28-31/h7-14,31H,2-6,15-20H2,1H3,(H,27,30)(H,28,29). The van der Waals surface area contributed by atoms with Gasteiger partial charge in [0, 0.05) is 18.7 Å². The molecule has 0 heterocycles. The van der Waals surface area contributed by atoms with E-state index in [4.69, 9.17) is 14.7 Å².